The van der Waals surface area contributed by atoms with E-state index >= 15 is 0 Å². The molecule has 11 heteroatoms. The van der Waals surface area contributed by atoms with Crippen LogP contribution < -0.4 is 16.0 Å². The van der Waals surface area contributed by atoms with Crippen molar-refractivity contribution in [3.8, 4) is 0 Å². The summed E-state index contributed by atoms with van der Waals surface area (Å²) < 4.78 is 5.09. The lowest BCUT2D eigenvalue weighted by Crippen LogP contribution is -2.56. The largest absolute Gasteiger partial charge is 0.480 e. The van der Waals surface area contributed by atoms with Gasteiger partial charge in [0.15, 0.2) is 0 Å². The van der Waals surface area contributed by atoms with Gasteiger partial charge in [-0.15, -0.1) is 0 Å². The second-order valence-electron chi connectivity index (χ2n) is 8.36. The molecule has 4 atom stereocenters. The summed E-state index contributed by atoms with van der Waals surface area (Å²) in [5.74, 6) is -2.77. The minimum absolute atomic E-state index is 0.324. The number of carboxylic acids is 1. The Labute approximate surface area is 175 Å². The van der Waals surface area contributed by atoms with E-state index in [1.165, 1.54) is 25.7 Å². The zero-order chi connectivity index (χ0) is 23.2. The first-order valence-corrected chi connectivity index (χ1v) is 9.86. The Kier molecular flexibility index (Phi) is 8.61. The Balaban J connectivity index is 2.65. The minimum atomic E-state index is -1.17. The van der Waals surface area contributed by atoms with Crippen LogP contribution in [-0.2, 0) is 23.9 Å². The molecule has 4 N–H and O–H groups in total. The molecule has 11 nitrogen and oxygen atoms in total. The molecule has 0 radical (unpaired) electrons. The van der Waals surface area contributed by atoms with Crippen LogP contribution in [-0.4, -0.2) is 76.1 Å². The van der Waals surface area contributed by atoms with E-state index in [9.17, 15) is 24.0 Å². The number of carbonyl (C=O) groups excluding carboxylic acids is 4. The fourth-order valence-corrected chi connectivity index (χ4v) is 2.87. The number of likely N-dealkylation sites (tertiary alicyclic amines) is 1. The molecular weight excluding hydrogens is 396 g/mol. The molecule has 1 heterocycles. The molecule has 1 rings (SSSR count). The standard InChI is InChI=1S/C19H32N4O7/c1-10(22-18(29)30-19(4,5)6)14(24)20-11(2)16(26)23-9-7-8-13(23)15(25)21-12(3)17(27)28/h10-13H,7-9H2,1-6H3,(H,20,24)(H,21,25)(H,22,29)(H,27,28)/t10-,11-,12-,13-/m0/s1. The number of aliphatic carboxylic acids is 1. The number of hydrogen-bond acceptors (Lipinski definition) is 6. The van der Waals surface area contributed by atoms with Crippen molar-refractivity contribution in [3.63, 3.8) is 0 Å². The van der Waals surface area contributed by atoms with Crippen molar-refractivity contribution >= 4 is 29.8 Å². The zero-order valence-corrected chi connectivity index (χ0v) is 18.3. The number of carbonyl (C=O) groups is 5. The van der Waals surface area contributed by atoms with Gasteiger partial charge in [0.25, 0.3) is 0 Å². The normalized spacial score (nSPS) is 19.3. The molecule has 0 aromatic carbocycles. The molecular formula is C19H32N4O7. The van der Waals surface area contributed by atoms with Gasteiger partial charge in [0.05, 0.1) is 0 Å². The highest BCUT2D eigenvalue weighted by molar-refractivity contribution is 5.94. The zero-order valence-electron chi connectivity index (χ0n) is 18.3. The maximum atomic E-state index is 12.8. The lowest BCUT2D eigenvalue weighted by atomic mass is 10.1. The maximum Gasteiger partial charge on any atom is 0.408 e. The molecule has 0 aromatic heterocycles. The Morgan fingerprint density at radius 1 is 0.967 bits per heavy atom. The molecule has 0 aromatic rings. The molecule has 1 saturated heterocycles. The van der Waals surface area contributed by atoms with Gasteiger partial charge in [0.2, 0.25) is 17.7 Å². The van der Waals surface area contributed by atoms with Gasteiger partial charge >= 0.3 is 12.1 Å². The van der Waals surface area contributed by atoms with Crippen molar-refractivity contribution in [2.75, 3.05) is 6.54 Å². The predicted molar refractivity (Wildman–Crippen MR) is 106 cm³/mol. The van der Waals surface area contributed by atoms with Crippen LogP contribution in [0.25, 0.3) is 0 Å². The monoisotopic (exact) mass is 428 g/mol. The lowest BCUT2D eigenvalue weighted by molar-refractivity contribution is -0.144. The van der Waals surface area contributed by atoms with E-state index in [-0.39, 0.29) is 0 Å². The number of amides is 4. The molecule has 0 spiro atoms. The quantitative estimate of drug-likeness (QED) is 0.444. The van der Waals surface area contributed by atoms with Crippen LogP contribution in [0.1, 0.15) is 54.4 Å². The first-order chi connectivity index (χ1) is 13.7. The van der Waals surface area contributed by atoms with Gasteiger partial charge < -0.3 is 30.7 Å². The summed E-state index contributed by atoms with van der Waals surface area (Å²) in [6.45, 7) is 9.67. The molecule has 0 bridgehead atoms. The predicted octanol–water partition coefficient (Wildman–Crippen LogP) is -0.0154. The van der Waals surface area contributed by atoms with Crippen molar-refractivity contribution in [2.24, 2.45) is 0 Å². The molecule has 0 saturated carbocycles. The van der Waals surface area contributed by atoms with Gasteiger partial charge in [-0.25, -0.2) is 4.79 Å². The molecule has 0 aliphatic carbocycles. The third-order valence-corrected chi connectivity index (χ3v) is 4.42. The van der Waals surface area contributed by atoms with Crippen LogP contribution in [0.15, 0.2) is 0 Å². The van der Waals surface area contributed by atoms with Crippen molar-refractivity contribution in [3.05, 3.63) is 0 Å². The van der Waals surface area contributed by atoms with Gasteiger partial charge in [-0.2, -0.15) is 0 Å². The Bertz CT molecular complexity index is 689. The van der Waals surface area contributed by atoms with Crippen molar-refractivity contribution < 1.29 is 33.8 Å². The summed E-state index contributed by atoms with van der Waals surface area (Å²) in [6.07, 6.45) is 0.233. The van der Waals surface area contributed by atoms with E-state index in [4.69, 9.17) is 9.84 Å². The van der Waals surface area contributed by atoms with Crippen LogP contribution in [0.5, 0.6) is 0 Å². The number of rotatable bonds is 7. The minimum Gasteiger partial charge on any atom is -0.480 e. The average Bonchev–Trinajstić information content (AvgIpc) is 3.08. The SMILES string of the molecule is C[C@H](NC(=O)[C@@H]1CCCN1C(=O)[C@H](C)NC(=O)[C@H](C)NC(=O)OC(C)(C)C)C(=O)O. The van der Waals surface area contributed by atoms with Crippen LogP contribution in [0.2, 0.25) is 0 Å². The van der Waals surface area contributed by atoms with E-state index in [0.29, 0.717) is 19.4 Å². The van der Waals surface area contributed by atoms with E-state index < -0.39 is 59.6 Å². The number of nitrogens with zero attached hydrogens (tertiary/aromatic N) is 1. The van der Waals surface area contributed by atoms with Crippen LogP contribution in [0, 0.1) is 0 Å². The highest BCUT2D eigenvalue weighted by Crippen LogP contribution is 2.19. The summed E-state index contributed by atoms with van der Waals surface area (Å²) in [5.41, 5.74) is -0.715. The number of hydrogen-bond donors (Lipinski definition) is 4. The summed E-state index contributed by atoms with van der Waals surface area (Å²) in [6, 6.07) is -3.75. The summed E-state index contributed by atoms with van der Waals surface area (Å²) in [7, 11) is 0. The highest BCUT2D eigenvalue weighted by Gasteiger charge is 2.37. The van der Waals surface area contributed by atoms with Gasteiger partial charge in [0.1, 0.15) is 29.8 Å². The van der Waals surface area contributed by atoms with E-state index in [0.717, 1.165) is 0 Å². The van der Waals surface area contributed by atoms with Crippen LogP contribution >= 0.6 is 0 Å². The van der Waals surface area contributed by atoms with Crippen LogP contribution in [0.3, 0.4) is 0 Å². The van der Waals surface area contributed by atoms with Gasteiger partial charge in [0, 0.05) is 6.54 Å². The first-order valence-electron chi connectivity index (χ1n) is 9.86. The average molecular weight is 428 g/mol. The third-order valence-electron chi connectivity index (χ3n) is 4.42. The molecule has 1 aliphatic heterocycles. The number of carboxylic acid groups (broad SMARTS) is 1. The molecule has 1 fully saturated rings. The summed E-state index contributed by atoms with van der Waals surface area (Å²) in [5, 5.41) is 16.2. The molecule has 30 heavy (non-hydrogen) atoms. The van der Waals surface area contributed by atoms with E-state index in [1.54, 1.807) is 20.8 Å². The second-order valence-corrected chi connectivity index (χ2v) is 8.36. The van der Waals surface area contributed by atoms with Crippen molar-refractivity contribution in [1.82, 2.24) is 20.9 Å². The number of alkyl carbamates (subject to hydrolysis) is 1. The Morgan fingerprint density at radius 3 is 2.10 bits per heavy atom. The molecule has 170 valence electrons. The molecule has 1 aliphatic rings. The third kappa shape index (κ3) is 7.53. The smallest absolute Gasteiger partial charge is 0.408 e. The Morgan fingerprint density at radius 2 is 1.57 bits per heavy atom. The fourth-order valence-electron chi connectivity index (χ4n) is 2.87. The van der Waals surface area contributed by atoms with E-state index in [2.05, 4.69) is 16.0 Å². The van der Waals surface area contributed by atoms with Crippen LogP contribution in [0.4, 0.5) is 4.79 Å². The topological polar surface area (TPSA) is 154 Å². The van der Waals surface area contributed by atoms with Gasteiger partial charge in [-0.05, 0) is 54.4 Å². The van der Waals surface area contributed by atoms with Gasteiger partial charge in [-0.1, -0.05) is 0 Å². The summed E-state index contributed by atoms with van der Waals surface area (Å²) in [4.78, 5) is 61.5. The maximum absolute atomic E-state index is 12.8. The number of nitrogens with one attached hydrogen (secondary N) is 3. The van der Waals surface area contributed by atoms with Crippen molar-refractivity contribution in [2.45, 2.75) is 84.2 Å². The second kappa shape index (κ2) is 10.3. The first kappa shape index (κ1) is 25.2. The number of ether oxygens (including phenoxy) is 1. The van der Waals surface area contributed by atoms with E-state index in [1.807, 2.05) is 0 Å². The van der Waals surface area contributed by atoms with Crippen molar-refractivity contribution in [1.29, 1.82) is 0 Å². The summed E-state index contributed by atoms with van der Waals surface area (Å²) >= 11 is 0. The van der Waals surface area contributed by atoms with Gasteiger partial charge in [-0.3, -0.25) is 19.2 Å². The lowest BCUT2D eigenvalue weighted by Gasteiger charge is -2.28. The highest BCUT2D eigenvalue weighted by atomic mass is 16.6. The molecule has 4 amide bonds. The molecule has 0 unspecified atom stereocenters. The fraction of sp³-hybridized carbons (Fsp3) is 0.737. The Hall–Kier alpha value is -2.85.